The van der Waals surface area contributed by atoms with Crippen molar-refractivity contribution >= 4 is 15.9 Å². The van der Waals surface area contributed by atoms with Crippen LogP contribution in [0.4, 0.5) is 0 Å². The molecule has 0 radical (unpaired) electrons. The van der Waals surface area contributed by atoms with Gasteiger partial charge in [-0.25, -0.2) is 8.42 Å². The smallest absolute Gasteiger partial charge is 0.237 e. The number of carbonyl (C=O) groups is 1. The third-order valence-corrected chi connectivity index (χ3v) is 5.69. The first kappa shape index (κ1) is 14.7. The molecule has 2 saturated heterocycles. The molecular weight excluding hydrogens is 266 g/mol. The van der Waals surface area contributed by atoms with Crippen LogP contribution in [0.1, 0.15) is 19.3 Å². The predicted molar refractivity (Wildman–Crippen MR) is 73.2 cm³/mol. The number of rotatable bonds is 3. The second-order valence-electron chi connectivity index (χ2n) is 5.83. The lowest BCUT2D eigenvalue weighted by molar-refractivity contribution is -0.133. The van der Waals surface area contributed by atoms with Gasteiger partial charge in [0.25, 0.3) is 0 Å². The van der Waals surface area contributed by atoms with Gasteiger partial charge in [-0.1, -0.05) is 0 Å². The maximum absolute atomic E-state index is 12.1. The number of likely N-dealkylation sites (N-methyl/N-ethyl adjacent to an activating group) is 1. The summed E-state index contributed by atoms with van der Waals surface area (Å²) in [5, 5.41) is 3.39. The lowest BCUT2D eigenvalue weighted by Crippen LogP contribution is -2.47. The molecule has 0 aliphatic carbocycles. The van der Waals surface area contributed by atoms with Gasteiger partial charge in [0.1, 0.15) is 0 Å². The molecule has 0 aromatic heterocycles. The summed E-state index contributed by atoms with van der Waals surface area (Å²) in [6.07, 6.45) is 4.36. The number of carbonyl (C=O) groups excluding carboxylic acids is 1. The predicted octanol–water partition coefficient (Wildman–Crippen LogP) is -0.520. The Morgan fingerprint density at radius 3 is 2.42 bits per heavy atom. The van der Waals surface area contributed by atoms with Gasteiger partial charge in [-0.15, -0.1) is 0 Å². The first-order valence-corrected chi connectivity index (χ1v) is 8.57. The van der Waals surface area contributed by atoms with Crippen LogP contribution in [0.5, 0.6) is 0 Å². The van der Waals surface area contributed by atoms with Crippen LogP contribution in [0, 0.1) is 5.41 Å². The Hall–Kier alpha value is -0.660. The largest absolute Gasteiger partial charge is 0.342 e. The van der Waals surface area contributed by atoms with Crippen molar-refractivity contribution in [3.63, 3.8) is 0 Å². The van der Waals surface area contributed by atoms with Crippen molar-refractivity contribution in [3.8, 4) is 0 Å². The highest BCUT2D eigenvalue weighted by molar-refractivity contribution is 7.88. The first-order valence-electron chi connectivity index (χ1n) is 6.72. The minimum Gasteiger partial charge on any atom is -0.342 e. The molecule has 6 nitrogen and oxygen atoms in total. The average molecular weight is 289 g/mol. The molecule has 0 aromatic rings. The molecule has 0 bridgehead atoms. The summed E-state index contributed by atoms with van der Waals surface area (Å²) in [6.45, 7) is 3.57. The quantitative estimate of drug-likeness (QED) is 0.759. The number of nitrogens with one attached hydrogen (secondary N) is 1. The molecule has 7 heteroatoms. The van der Waals surface area contributed by atoms with Crippen LogP contribution >= 0.6 is 0 Å². The van der Waals surface area contributed by atoms with Crippen LogP contribution in [0.25, 0.3) is 0 Å². The van der Waals surface area contributed by atoms with Gasteiger partial charge >= 0.3 is 0 Å². The molecule has 0 atom stereocenters. The topological polar surface area (TPSA) is 69.7 Å². The standard InChI is InChI=1S/C12H23N3O3S/c1-14(19(2,17)18)9-11(16)15-7-4-12(5-8-15)3-6-13-10-12/h13H,3-10H2,1-2H3. The lowest BCUT2D eigenvalue weighted by atomic mass is 9.78. The summed E-state index contributed by atoms with van der Waals surface area (Å²) in [7, 11) is -1.84. The molecule has 0 unspecified atom stereocenters. The summed E-state index contributed by atoms with van der Waals surface area (Å²) < 4.78 is 23.7. The van der Waals surface area contributed by atoms with E-state index in [2.05, 4.69) is 5.32 Å². The molecule has 2 aliphatic heterocycles. The van der Waals surface area contributed by atoms with Gasteiger partial charge in [0.15, 0.2) is 0 Å². The van der Waals surface area contributed by atoms with Crippen LogP contribution < -0.4 is 5.32 Å². The Bertz CT molecular complexity index is 433. The molecule has 2 fully saturated rings. The lowest BCUT2D eigenvalue weighted by Gasteiger charge is -2.39. The van der Waals surface area contributed by atoms with E-state index >= 15 is 0 Å². The molecule has 19 heavy (non-hydrogen) atoms. The van der Waals surface area contributed by atoms with E-state index in [-0.39, 0.29) is 12.5 Å². The molecule has 0 aromatic carbocycles. The summed E-state index contributed by atoms with van der Waals surface area (Å²) >= 11 is 0. The van der Waals surface area contributed by atoms with E-state index < -0.39 is 10.0 Å². The third kappa shape index (κ3) is 3.46. The van der Waals surface area contributed by atoms with E-state index in [0.29, 0.717) is 5.41 Å². The van der Waals surface area contributed by atoms with Crippen molar-refractivity contribution in [2.45, 2.75) is 19.3 Å². The van der Waals surface area contributed by atoms with E-state index in [4.69, 9.17) is 0 Å². The van der Waals surface area contributed by atoms with Crippen molar-refractivity contribution in [1.29, 1.82) is 0 Å². The number of hydrogen-bond acceptors (Lipinski definition) is 4. The highest BCUT2D eigenvalue weighted by atomic mass is 32.2. The minimum atomic E-state index is -3.28. The van der Waals surface area contributed by atoms with Crippen molar-refractivity contribution in [2.75, 3.05) is 46.0 Å². The molecule has 2 heterocycles. The summed E-state index contributed by atoms with van der Waals surface area (Å²) in [6, 6.07) is 0. The summed E-state index contributed by atoms with van der Waals surface area (Å²) in [5.74, 6) is -0.0891. The third-order valence-electron chi connectivity index (χ3n) is 4.43. The van der Waals surface area contributed by atoms with Crippen molar-refractivity contribution in [1.82, 2.24) is 14.5 Å². The average Bonchev–Trinajstić information content (AvgIpc) is 2.77. The van der Waals surface area contributed by atoms with Gasteiger partial charge in [-0.05, 0) is 31.2 Å². The van der Waals surface area contributed by atoms with Crippen LogP contribution in [0.15, 0.2) is 0 Å². The number of hydrogen-bond donors (Lipinski definition) is 1. The highest BCUT2D eigenvalue weighted by Crippen LogP contribution is 2.36. The molecule has 1 spiro atoms. The van der Waals surface area contributed by atoms with Gasteiger partial charge in [0, 0.05) is 26.7 Å². The van der Waals surface area contributed by atoms with Gasteiger partial charge in [0.2, 0.25) is 15.9 Å². The van der Waals surface area contributed by atoms with E-state index in [1.165, 1.54) is 13.5 Å². The molecule has 1 N–H and O–H groups in total. The van der Waals surface area contributed by atoms with Gasteiger partial charge in [-0.2, -0.15) is 4.31 Å². The van der Waals surface area contributed by atoms with E-state index in [0.717, 1.165) is 49.6 Å². The Labute approximate surface area is 115 Å². The molecular formula is C12H23N3O3S. The molecule has 0 saturated carbocycles. The zero-order chi connectivity index (χ0) is 14.1. The number of likely N-dealkylation sites (tertiary alicyclic amines) is 1. The summed E-state index contributed by atoms with van der Waals surface area (Å²) in [5.41, 5.74) is 0.375. The van der Waals surface area contributed by atoms with Crippen LogP contribution in [-0.4, -0.2) is 69.6 Å². The Morgan fingerprint density at radius 2 is 1.95 bits per heavy atom. The van der Waals surface area contributed by atoms with E-state index in [1.807, 2.05) is 0 Å². The fourth-order valence-electron chi connectivity index (χ4n) is 2.86. The number of amides is 1. The fourth-order valence-corrected chi connectivity index (χ4v) is 3.21. The van der Waals surface area contributed by atoms with Gasteiger partial charge < -0.3 is 10.2 Å². The SMILES string of the molecule is CN(CC(=O)N1CCC2(CCNC2)CC1)S(C)(=O)=O. The molecule has 1 amide bonds. The van der Waals surface area contributed by atoms with E-state index in [1.54, 1.807) is 4.90 Å². The second-order valence-corrected chi connectivity index (χ2v) is 7.92. The fraction of sp³-hybridized carbons (Fsp3) is 0.917. The molecule has 110 valence electrons. The number of sulfonamides is 1. The first-order chi connectivity index (χ1) is 8.82. The monoisotopic (exact) mass is 289 g/mol. The van der Waals surface area contributed by atoms with Crippen LogP contribution in [0.2, 0.25) is 0 Å². The van der Waals surface area contributed by atoms with E-state index in [9.17, 15) is 13.2 Å². The van der Waals surface area contributed by atoms with Crippen LogP contribution in [0.3, 0.4) is 0 Å². The molecule has 2 aliphatic rings. The molecule has 2 rings (SSSR count). The van der Waals surface area contributed by atoms with Crippen molar-refractivity contribution in [3.05, 3.63) is 0 Å². The Balaban J connectivity index is 1.86. The Morgan fingerprint density at radius 1 is 1.32 bits per heavy atom. The van der Waals surface area contributed by atoms with Gasteiger partial charge in [0.05, 0.1) is 12.8 Å². The zero-order valence-electron chi connectivity index (χ0n) is 11.7. The highest BCUT2D eigenvalue weighted by Gasteiger charge is 2.38. The van der Waals surface area contributed by atoms with Gasteiger partial charge in [-0.3, -0.25) is 4.79 Å². The number of piperidine rings is 1. The second kappa shape index (κ2) is 5.38. The van der Waals surface area contributed by atoms with Crippen molar-refractivity contribution in [2.24, 2.45) is 5.41 Å². The number of nitrogens with zero attached hydrogens (tertiary/aromatic N) is 2. The summed E-state index contributed by atoms with van der Waals surface area (Å²) in [4.78, 5) is 13.9. The zero-order valence-corrected chi connectivity index (χ0v) is 12.5. The van der Waals surface area contributed by atoms with Crippen molar-refractivity contribution < 1.29 is 13.2 Å². The maximum Gasteiger partial charge on any atom is 0.237 e. The Kier molecular flexibility index (Phi) is 4.17. The maximum atomic E-state index is 12.1. The van der Waals surface area contributed by atoms with Crippen LogP contribution in [-0.2, 0) is 14.8 Å². The normalized spacial score (nSPS) is 23.2. The minimum absolute atomic E-state index is 0.0515.